The molecular formula is C7H6ClO-. The molecule has 1 aromatic carbocycles. The van der Waals surface area contributed by atoms with Gasteiger partial charge in [0.15, 0.2) is 0 Å². The van der Waals surface area contributed by atoms with Gasteiger partial charge in [0.05, 0.1) is 0 Å². The molecule has 0 atom stereocenters. The first-order valence-corrected chi connectivity index (χ1v) is 3.03. The maximum absolute atomic E-state index is 10.2. The summed E-state index contributed by atoms with van der Waals surface area (Å²) >= 11 is 5.57. The topological polar surface area (TPSA) is 23.1 Å². The van der Waals surface area contributed by atoms with Gasteiger partial charge in [0, 0.05) is 5.02 Å². The number of rotatable bonds is 1. The van der Waals surface area contributed by atoms with Crippen LogP contribution >= 0.6 is 11.6 Å². The summed E-state index contributed by atoms with van der Waals surface area (Å²) in [6.07, 6.45) is 0. The van der Waals surface area contributed by atoms with Crippen LogP contribution in [0.1, 0.15) is 5.56 Å². The third-order valence-corrected chi connectivity index (χ3v) is 1.33. The fourth-order valence-corrected chi connectivity index (χ4v) is 0.707. The number of hydrogen-bond acceptors (Lipinski definition) is 1. The van der Waals surface area contributed by atoms with E-state index in [9.17, 15) is 5.11 Å². The Balaban J connectivity index is 2.88. The van der Waals surface area contributed by atoms with Gasteiger partial charge in [-0.2, -0.15) is 0 Å². The maximum atomic E-state index is 10.2. The largest absolute Gasteiger partial charge is 0.851 e. The number of benzene rings is 1. The lowest BCUT2D eigenvalue weighted by atomic mass is 10.2. The van der Waals surface area contributed by atoms with E-state index in [1.165, 1.54) is 0 Å². The SMILES string of the molecule is [O-]Cc1ccc(Cl)cc1. The zero-order chi connectivity index (χ0) is 6.69. The maximum Gasteiger partial charge on any atom is 0.0406 e. The zero-order valence-electron chi connectivity index (χ0n) is 4.80. The van der Waals surface area contributed by atoms with Gasteiger partial charge in [-0.25, -0.2) is 0 Å². The van der Waals surface area contributed by atoms with Gasteiger partial charge in [0.2, 0.25) is 0 Å². The second kappa shape index (κ2) is 2.85. The van der Waals surface area contributed by atoms with E-state index in [4.69, 9.17) is 11.6 Å². The summed E-state index contributed by atoms with van der Waals surface area (Å²) in [5, 5.41) is 10.9. The summed E-state index contributed by atoms with van der Waals surface area (Å²) in [5.74, 6) is 0. The average molecular weight is 142 g/mol. The molecule has 0 aliphatic carbocycles. The molecule has 0 saturated carbocycles. The summed E-state index contributed by atoms with van der Waals surface area (Å²) < 4.78 is 0. The van der Waals surface area contributed by atoms with E-state index in [0.29, 0.717) is 5.02 Å². The molecule has 0 saturated heterocycles. The van der Waals surface area contributed by atoms with E-state index in [2.05, 4.69) is 0 Å². The Kier molecular flexibility index (Phi) is 2.09. The lowest BCUT2D eigenvalue weighted by Gasteiger charge is -2.01. The van der Waals surface area contributed by atoms with E-state index in [1.807, 2.05) is 0 Å². The van der Waals surface area contributed by atoms with E-state index in [-0.39, 0.29) is 6.61 Å². The molecule has 0 aromatic heterocycles. The Morgan fingerprint density at radius 1 is 1.22 bits per heavy atom. The predicted octanol–water partition coefficient (Wildman–Crippen LogP) is 1.20. The van der Waals surface area contributed by atoms with Crippen LogP contribution < -0.4 is 5.11 Å². The molecule has 0 spiro atoms. The molecule has 48 valence electrons. The molecule has 0 fully saturated rings. The first kappa shape index (κ1) is 6.59. The lowest BCUT2D eigenvalue weighted by Crippen LogP contribution is -2.01. The van der Waals surface area contributed by atoms with Crippen LogP contribution in [-0.2, 0) is 6.61 Å². The van der Waals surface area contributed by atoms with Crippen LogP contribution in [-0.4, -0.2) is 0 Å². The van der Waals surface area contributed by atoms with Crippen LogP contribution in [0.2, 0.25) is 5.02 Å². The van der Waals surface area contributed by atoms with Gasteiger partial charge in [-0.15, -0.1) is 6.61 Å². The minimum Gasteiger partial charge on any atom is -0.851 e. The summed E-state index contributed by atoms with van der Waals surface area (Å²) in [4.78, 5) is 0. The first-order valence-electron chi connectivity index (χ1n) is 2.65. The first-order chi connectivity index (χ1) is 4.33. The summed E-state index contributed by atoms with van der Waals surface area (Å²) in [7, 11) is 0. The van der Waals surface area contributed by atoms with Gasteiger partial charge in [0.1, 0.15) is 0 Å². The molecular weight excluding hydrogens is 136 g/mol. The molecule has 0 amide bonds. The fourth-order valence-electron chi connectivity index (χ4n) is 0.581. The van der Waals surface area contributed by atoms with Crippen molar-refractivity contribution >= 4 is 11.6 Å². The van der Waals surface area contributed by atoms with Crippen molar-refractivity contribution in [3.05, 3.63) is 34.9 Å². The van der Waals surface area contributed by atoms with Crippen molar-refractivity contribution in [2.75, 3.05) is 0 Å². The highest BCUT2D eigenvalue weighted by Gasteiger charge is 1.83. The van der Waals surface area contributed by atoms with Crippen molar-refractivity contribution in [2.45, 2.75) is 6.61 Å². The standard InChI is InChI=1S/C7H6ClO/c8-7-3-1-6(5-9)2-4-7/h1-4H,5H2/q-1. The van der Waals surface area contributed by atoms with Crippen LogP contribution in [0.25, 0.3) is 0 Å². The minimum absolute atomic E-state index is 0.169. The molecule has 0 aliphatic heterocycles. The van der Waals surface area contributed by atoms with Gasteiger partial charge in [-0.3, -0.25) is 0 Å². The fraction of sp³-hybridized carbons (Fsp3) is 0.143. The third-order valence-electron chi connectivity index (χ3n) is 1.08. The van der Waals surface area contributed by atoms with Gasteiger partial charge < -0.3 is 5.11 Å². The van der Waals surface area contributed by atoms with Crippen molar-refractivity contribution in [3.63, 3.8) is 0 Å². The number of hydrogen-bond donors (Lipinski definition) is 0. The van der Waals surface area contributed by atoms with Gasteiger partial charge in [-0.05, 0) is 12.1 Å². The Labute approximate surface area is 58.9 Å². The second-order valence-corrected chi connectivity index (χ2v) is 2.21. The Hall–Kier alpha value is -0.530. The van der Waals surface area contributed by atoms with Crippen LogP contribution in [0.4, 0.5) is 0 Å². The Morgan fingerprint density at radius 3 is 2.22 bits per heavy atom. The van der Waals surface area contributed by atoms with Crippen molar-refractivity contribution < 1.29 is 5.11 Å². The molecule has 0 aliphatic rings. The summed E-state index contributed by atoms with van der Waals surface area (Å²) in [5.41, 5.74) is 0.777. The molecule has 1 rings (SSSR count). The highest BCUT2D eigenvalue weighted by molar-refractivity contribution is 6.30. The molecule has 1 aromatic rings. The second-order valence-electron chi connectivity index (χ2n) is 1.77. The average Bonchev–Trinajstić information content (AvgIpc) is 1.90. The summed E-state index contributed by atoms with van der Waals surface area (Å²) in [6, 6.07) is 6.90. The highest BCUT2D eigenvalue weighted by atomic mass is 35.5. The monoisotopic (exact) mass is 141 g/mol. The van der Waals surface area contributed by atoms with Crippen molar-refractivity contribution in [1.82, 2.24) is 0 Å². The van der Waals surface area contributed by atoms with Gasteiger partial charge in [0.25, 0.3) is 0 Å². The Bertz CT molecular complexity index is 181. The lowest BCUT2D eigenvalue weighted by molar-refractivity contribution is -0.386. The normalized spacial score (nSPS) is 9.56. The van der Waals surface area contributed by atoms with Crippen molar-refractivity contribution in [1.29, 1.82) is 0 Å². The van der Waals surface area contributed by atoms with E-state index in [0.717, 1.165) is 5.56 Å². The van der Waals surface area contributed by atoms with Crippen LogP contribution in [0.15, 0.2) is 24.3 Å². The zero-order valence-corrected chi connectivity index (χ0v) is 5.56. The molecule has 0 N–H and O–H groups in total. The third kappa shape index (κ3) is 1.70. The minimum atomic E-state index is -0.169. The van der Waals surface area contributed by atoms with E-state index in [1.54, 1.807) is 24.3 Å². The molecule has 2 heteroatoms. The van der Waals surface area contributed by atoms with Crippen LogP contribution in [0, 0.1) is 0 Å². The number of halogens is 1. The van der Waals surface area contributed by atoms with E-state index < -0.39 is 0 Å². The summed E-state index contributed by atoms with van der Waals surface area (Å²) in [6.45, 7) is -0.169. The smallest absolute Gasteiger partial charge is 0.0406 e. The van der Waals surface area contributed by atoms with Crippen LogP contribution in [0.3, 0.4) is 0 Å². The molecule has 0 unspecified atom stereocenters. The predicted molar refractivity (Wildman–Crippen MR) is 35.2 cm³/mol. The van der Waals surface area contributed by atoms with E-state index >= 15 is 0 Å². The Morgan fingerprint density at radius 2 is 1.78 bits per heavy atom. The van der Waals surface area contributed by atoms with Gasteiger partial charge in [-0.1, -0.05) is 29.3 Å². The van der Waals surface area contributed by atoms with Crippen LogP contribution in [0.5, 0.6) is 0 Å². The quantitative estimate of drug-likeness (QED) is 0.577. The van der Waals surface area contributed by atoms with Gasteiger partial charge >= 0.3 is 0 Å². The highest BCUT2D eigenvalue weighted by Crippen LogP contribution is 2.08. The molecule has 0 heterocycles. The molecule has 9 heavy (non-hydrogen) atoms. The van der Waals surface area contributed by atoms with Crippen molar-refractivity contribution in [3.8, 4) is 0 Å². The molecule has 0 radical (unpaired) electrons. The molecule has 0 bridgehead atoms. The molecule has 1 nitrogen and oxygen atoms in total. The van der Waals surface area contributed by atoms with Crippen molar-refractivity contribution in [2.24, 2.45) is 0 Å².